The van der Waals surface area contributed by atoms with Crippen LogP contribution < -0.4 is 4.72 Å². The molecule has 4 aliphatic rings. The summed E-state index contributed by atoms with van der Waals surface area (Å²) in [6.07, 6.45) is 11.9. The summed E-state index contributed by atoms with van der Waals surface area (Å²) in [6.45, 7) is 5.08. The van der Waals surface area contributed by atoms with E-state index in [9.17, 15) is 13.5 Å². The molecule has 4 saturated carbocycles. The monoisotopic (exact) mass is 459 g/mol. The third-order valence-electron chi connectivity index (χ3n) is 10.2. The highest BCUT2D eigenvalue weighted by Gasteiger charge is 2.56. The standard InChI is InChI=1S/C27H41NO3S/c1-26(29)15-13-22-19(17-26)11-12-24-23(22)14-16-27(2)20(7-6-10-25(24)27)18-28-32(30,31)21-8-4-3-5-9-21/h3-5,8-9,19-20,22-25,28-29H,6-7,10-18H2,1-2H3/t19-,20-,22+,23-,24-,25+,26-,27-/m1/s1. The number of nitrogens with one attached hydrogen (secondary N) is 1. The molecule has 1 aromatic carbocycles. The predicted molar refractivity (Wildman–Crippen MR) is 127 cm³/mol. The van der Waals surface area contributed by atoms with Crippen molar-refractivity contribution in [2.45, 2.75) is 88.6 Å². The summed E-state index contributed by atoms with van der Waals surface area (Å²) in [6, 6.07) is 8.79. The van der Waals surface area contributed by atoms with Crippen LogP contribution in [0.15, 0.2) is 35.2 Å². The molecule has 0 radical (unpaired) electrons. The lowest BCUT2D eigenvalue weighted by atomic mass is 9.45. The molecule has 0 aromatic heterocycles. The topological polar surface area (TPSA) is 66.4 Å². The Bertz CT molecular complexity index is 914. The molecule has 0 bridgehead atoms. The Labute approximate surface area is 194 Å². The summed E-state index contributed by atoms with van der Waals surface area (Å²) in [5.74, 6) is 4.28. The van der Waals surface area contributed by atoms with Crippen LogP contribution in [0.2, 0.25) is 0 Å². The SMILES string of the molecule is C[C@@]1(O)CC[C@H]2[C@H](CC[C@@H]3[C@@H]2CC[C@]2(C)[C@@H](CNS(=O)(=O)c4ccccc4)CCC[C@@H]32)C1. The summed E-state index contributed by atoms with van der Waals surface area (Å²) in [5, 5.41) is 10.6. The maximum Gasteiger partial charge on any atom is 0.240 e. The van der Waals surface area contributed by atoms with Gasteiger partial charge in [0.15, 0.2) is 0 Å². The van der Waals surface area contributed by atoms with Crippen molar-refractivity contribution in [2.24, 2.45) is 40.9 Å². The minimum atomic E-state index is -3.45. The highest BCUT2D eigenvalue weighted by Crippen LogP contribution is 2.63. The van der Waals surface area contributed by atoms with E-state index in [1.165, 1.54) is 44.9 Å². The van der Waals surface area contributed by atoms with Gasteiger partial charge in [-0.2, -0.15) is 0 Å². The van der Waals surface area contributed by atoms with Crippen LogP contribution >= 0.6 is 0 Å². The molecule has 0 aliphatic heterocycles. The molecule has 8 atom stereocenters. The van der Waals surface area contributed by atoms with E-state index >= 15 is 0 Å². The molecule has 5 rings (SSSR count). The van der Waals surface area contributed by atoms with Gasteiger partial charge in [0.25, 0.3) is 0 Å². The largest absolute Gasteiger partial charge is 0.390 e. The fourth-order valence-corrected chi connectivity index (χ4v) is 9.73. The highest BCUT2D eigenvalue weighted by molar-refractivity contribution is 7.89. The Kier molecular flexibility index (Phi) is 5.99. The van der Waals surface area contributed by atoms with Crippen LogP contribution in [0.1, 0.15) is 78.1 Å². The first kappa shape index (κ1) is 22.9. The lowest BCUT2D eigenvalue weighted by Gasteiger charge is -2.61. The number of rotatable bonds is 4. The van der Waals surface area contributed by atoms with Gasteiger partial charge in [-0.3, -0.25) is 0 Å². The molecule has 0 amide bonds. The van der Waals surface area contributed by atoms with Crippen LogP contribution in [0.5, 0.6) is 0 Å². The maximum atomic E-state index is 12.8. The van der Waals surface area contributed by atoms with E-state index in [1.807, 2.05) is 13.0 Å². The van der Waals surface area contributed by atoms with Crippen molar-refractivity contribution in [1.82, 2.24) is 4.72 Å². The number of benzene rings is 1. The first-order valence-electron chi connectivity index (χ1n) is 13.0. The first-order valence-corrected chi connectivity index (χ1v) is 14.4. The minimum absolute atomic E-state index is 0.242. The molecule has 32 heavy (non-hydrogen) atoms. The van der Waals surface area contributed by atoms with Gasteiger partial charge in [0.1, 0.15) is 0 Å². The average Bonchev–Trinajstić information content (AvgIpc) is 2.77. The van der Waals surface area contributed by atoms with Gasteiger partial charge in [0, 0.05) is 6.54 Å². The van der Waals surface area contributed by atoms with E-state index in [2.05, 4.69) is 11.6 Å². The van der Waals surface area contributed by atoms with Gasteiger partial charge >= 0.3 is 0 Å². The van der Waals surface area contributed by atoms with E-state index < -0.39 is 15.6 Å². The molecule has 0 unspecified atom stereocenters. The zero-order chi connectivity index (χ0) is 22.6. The zero-order valence-corrected chi connectivity index (χ0v) is 20.6. The van der Waals surface area contributed by atoms with Crippen molar-refractivity contribution >= 4 is 10.0 Å². The third-order valence-corrected chi connectivity index (χ3v) is 11.7. The lowest BCUT2D eigenvalue weighted by Crippen LogP contribution is -2.55. The van der Waals surface area contributed by atoms with Gasteiger partial charge in [0.05, 0.1) is 10.5 Å². The predicted octanol–water partition coefficient (Wildman–Crippen LogP) is 5.37. The first-order chi connectivity index (χ1) is 15.2. The minimum Gasteiger partial charge on any atom is -0.390 e. The lowest BCUT2D eigenvalue weighted by molar-refractivity contribution is -0.125. The Morgan fingerprint density at radius 2 is 1.69 bits per heavy atom. The van der Waals surface area contributed by atoms with Gasteiger partial charge in [-0.25, -0.2) is 13.1 Å². The number of hydrogen-bond acceptors (Lipinski definition) is 3. The fraction of sp³-hybridized carbons (Fsp3) is 0.778. The van der Waals surface area contributed by atoms with Crippen molar-refractivity contribution in [2.75, 3.05) is 6.54 Å². The molecular weight excluding hydrogens is 418 g/mol. The van der Waals surface area contributed by atoms with E-state index in [0.29, 0.717) is 23.3 Å². The molecule has 5 heteroatoms. The quantitative estimate of drug-likeness (QED) is 0.636. The summed E-state index contributed by atoms with van der Waals surface area (Å²) in [7, 11) is -3.45. The Morgan fingerprint density at radius 3 is 2.47 bits per heavy atom. The second kappa shape index (κ2) is 8.39. The van der Waals surface area contributed by atoms with Gasteiger partial charge < -0.3 is 5.11 Å². The van der Waals surface area contributed by atoms with Gasteiger partial charge in [-0.15, -0.1) is 0 Å². The van der Waals surface area contributed by atoms with E-state index in [1.54, 1.807) is 24.3 Å². The smallest absolute Gasteiger partial charge is 0.240 e. The van der Waals surface area contributed by atoms with Crippen LogP contribution in [-0.2, 0) is 10.0 Å². The number of sulfonamides is 1. The van der Waals surface area contributed by atoms with Crippen molar-refractivity contribution in [3.8, 4) is 0 Å². The van der Waals surface area contributed by atoms with Crippen LogP contribution in [0.4, 0.5) is 0 Å². The summed E-state index contributed by atoms with van der Waals surface area (Å²) >= 11 is 0. The molecule has 4 fully saturated rings. The van der Waals surface area contributed by atoms with Crippen LogP contribution in [0.3, 0.4) is 0 Å². The average molecular weight is 460 g/mol. The van der Waals surface area contributed by atoms with Crippen molar-refractivity contribution in [3.05, 3.63) is 30.3 Å². The molecule has 4 aliphatic carbocycles. The highest BCUT2D eigenvalue weighted by atomic mass is 32.2. The summed E-state index contributed by atoms with van der Waals surface area (Å²) in [5.41, 5.74) is -0.214. The molecule has 0 saturated heterocycles. The maximum absolute atomic E-state index is 12.8. The molecule has 0 heterocycles. The van der Waals surface area contributed by atoms with E-state index in [4.69, 9.17) is 0 Å². The molecular formula is C27H41NO3S. The Hall–Kier alpha value is -0.910. The number of fused-ring (bicyclic) bond motifs is 5. The van der Waals surface area contributed by atoms with Crippen LogP contribution in [0.25, 0.3) is 0 Å². The van der Waals surface area contributed by atoms with Crippen LogP contribution in [0, 0.1) is 40.9 Å². The van der Waals surface area contributed by atoms with Gasteiger partial charge in [0.2, 0.25) is 10.0 Å². The Balaban J connectivity index is 1.30. The molecule has 2 N–H and O–H groups in total. The molecule has 1 aromatic rings. The zero-order valence-electron chi connectivity index (χ0n) is 19.8. The fourth-order valence-electron chi connectivity index (χ4n) is 8.62. The number of aliphatic hydroxyl groups is 1. The molecule has 0 spiro atoms. The summed E-state index contributed by atoms with van der Waals surface area (Å²) < 4.78 is 28.7. The van der Waals surface area contributed by atoms with Crippen molar-refractivity contribution < 1.29 is 13.5 Å². The van der Waals surface area contributed by atoms with Gasteiger partial charge in [-0.05, 0) is 118 Å². The summed E-state index contributed by atoms with van der Waals surface area (Å²) in [4.78, 5) is 0.368. The van der Waals surface area contributed by atoms with Gasteiger partial charge in [-0.1, -0.05) is 31.5 Å². The molecule has 4 nitrogen and oxygen atoms in total. The normalized spacial score (nSPS) is 44.2. The second-order valence-electron chi connectivity index (χ2n) is 12.0. The molecule has 178 valence electrons. The van der Waals surface area contributed by atoms with E-state index in [0.717, 1.165) is 42.9 Å². The number of hydrogen-bond donors (Lipinski definition) is 2. The van der Waals surface area contributed by atoms with E-state index in [-0.39, 0.29) is 5.41 Å². The van der Waals surface area contributed by atoms with Crippen LogP contribution in [-0.4, -0.2) is 25.7 Å². The van der Waals surface area contributed by atoms with Crippen molar-refractivity contribution in [3.63, 3.8) is 0 Å². The second-order valence-corrected chi connectivity index (χ2v) is 13.8. The Morgan fingerprint density at radius 1 is 0.938 bits per heavy atom. The van der Waals surface area contributed by atoms with Crippen molar-refractivity contribution in [1.29, 1.82) is 0 Å². The third kappa shape index (κ3) is 4.07.